The third-order valence-corrected chi connectivity index (χ3v) is 4.43. The van der Waals surface area contributed by atoms with Crippen molar-refractivity contribution in [2.24, 2.45) is 5.92 Å². The molecule has 2 atom stereocenters. The number of hydrogen-bond donors (Lipinski definition) is 0. The molecular formula is C18H13F3N4O2. The van der Waals surface area contributed by atoms with Crippen LogP contribution in [-0.4, -0.2) is 26.2 Å². The summed E-state index contributed by atoms with van der Waals surface area (Å²) in [6, 6.07) is 11.6. The van der Waals surface area contributed by atoms with Gasteiger partial charge in [0.25, 0.3) is 0 Å². The molecule has 2 aromatic carbocycles. The van der Waals surface area contributed by atoms with Crippen LogP contribution in [-0.2, 0) is 11.0 Å². The molecular weight excluding hydrogens is 361 g/mol. The minimum absolute atomic E-state index is 0.111. The highest BCUT2D eigenvalue weighted by Crippen LogP contribution is 2.48. The monoisotopic (exact) mass is 374 g/mol. The number of aromatic nitrogens is 4. The van der Waals surface area contributed by atoms with Gasteiger partial charge in [-0.3, -0.25) is 4.79 Å². The largest absolute Gasteiger partial charge is 0.426 e. The predicted octanol–water partition coefficient (Wildman–Crippen LogP) is 3.39. The number of carbonyl (C=O) groups is 1. The third kappa shape index (κ3) is 3.67. The molecule has 1 heterocycles. The van der Waals surface area contributed by atoms with E-state index in [4.69, 9.17) is 4.74 Å². The van der Waals surface area contributed by atoms with Gasteiger partial charge in [0.15, 0.2) is 0 Å². The van der Waals surface area contributed by atoms with Gasteiger partial charge in [-0.2, -0.15) is 13.2 Å². The van der Waals surface area contributed by atoms with E-state index in [1.165, 1.54) is 23.1 Å². The van der Waals surface area contributed by atoms with Gasteiger partial charge in [0, 0.05) is 0 Å². The van der Waals surface area contributed by atoms with Crippen molar-refractivity contribution >= 4 is 5.97 Å². The average molecular weight is 374 g/mol. The van der Waals surface area contributed by atoms with E-state index in [9.17, 15) is 18.0 Å². The lowest BCUT2D eigenvalue weighted by Gasteiger charge is -2.08. The summed E-state index contributed by atoms with van der Waals surface area (Å²) in [4.78, 5) is 12.3. The fourth-order valence-corrected chi connectivity index (χ4v) is 2.88. The van der Waals surface area contributed by atoms with Crippen molar-refractivity contribution < 1.29 is 22.7 Å². The van der Waals surface area contributed by atoms with Gasteiger partial charge in [0.2, 0.25) is 0 Å². The SMILES string of the molecule is O=C(Oc1ccc(-n2cnnn2)cc1)C1CC1c1ccc(C(F)(F)F)cc1. The molecule has 0 bridgehead atoms. The molecule has 1 saturated carbocycles. The number of rotatable bonds is 4. The summed E-state index contributed by atoms with van der Waals surface area (Å²) in [6.45, 7) is 0. The zero-order valence-corrected chi connectivity index (χ0v) is 13.8. The maximum absolute atomic E-state index is 12.6. The second kappa shape index (κ2) is 6.49. The van der Waals surface area contributed by atoms with Crippen molar-refractivity contribution in [3.8, 4) is 11.4 Å². The van der Waals surface area contributed by atoms with Gasteiger partial charge in [-0.25, -0.2) is 4.68 Å². The van der Waals surface area contributed by atoms with Crippen LogP contribution < -0.4 is 4.74 Å². The zero-order chi connectivity index (χ0) is 19.0. The van der Waals surface area contributed by atoms with Crippen LogP contribution in [0.15, 0.2) is 54.9 Å². The molecule has 1 aliphatic rings. The van der Waals surface area contributed by atoms with E-state index in [0.717, 1.165) is 12.1 Å². The molecule has 0 saturated heterocycles. The number of esters is 1. The van der Waals surface area contributed by atoms with Crippen molar-refractivity contribution in [2.75, 3.05) is 0 Å². The molecule has 0 radical (unpaired) electrons. The first-order valence-electron chi connectivity index (χ1n) is 8.14. The van der Waals surface area contributed by atoms with Crippen molar-refractivity contribution in [3.05, 3.63) is 66.0 Å². The topological polar surface area (TPSA) is 69.9 Å². The van der Waals surface area contributed by atoms with Crippen molar-refractivity contribution in [2.45, 2.75) is 18.5 Å². The summed E-state index contributed by atoms with van der Waals surface area (Å²) in [7, 11) is 0. The summed E-state index contributed by atoms with van der Waals surface area (Å²) in [5, 5.41) is 10.8. The van der Waals surface area contributed by atoms with Crippen LogP contribution in [0.3, 0.4) is 0 Å². The Morgan fingerprint density at radius 1 is 1.07 bits per heavy atom. The van der Waals surface area contributed by atoms with Crippen LogP contribution in [0.1, 0.15) is 23.5 Å². The number of benzene rings is 2. The lowest BCUT2D eigenvalue weighted by molar-refractivity contribution is -0.138. The van der Waals surface area contributed by atoms with Gasteiger partial charge in [-0.1, -0.05) is 12.1 Å². The minimum Gasteiger partial charge on any atom is -0.426 e. The second-order valence-electron chi connectivity index (χ2n) is 6.24. The van der Waals surface area contributed by atoms with Gasteiger partial charge in [-0.15, -0.1) is 5.10 Å². The Balaban J connectivity index is 1.37. The lowest BCUT2D eigenvalue weighted by atomic mass is 10.1. The first-order valence-corrected chi connectivity index (χ1v) is 8.14. The van der Waals surface area contributed by atoms with Crippen LogP contribution in [0.5, 0.6) is 5.75 Å². The van der Waals surface area contributed by atoms with Crippen LogP contribution in [0.25, 0.3) is 5.69 Å². The van der Waals surface area contributed by atoms with Crippen molar-refractivity contribution in [1.82, 2.24) is 20.2 Å². The molecule has 1 fully saturated rings. The molecule has 1 aliphatic carbocycles. The van der Waals surface area contributed by atoms with E-state index in [1.807, 2.05) is 0 Å². The normalized spacial score (nSPS) is 18.9. The predicted molar refractivity (Wildman–Crippen MR) is 87.1 cm³/mol. The van der Waals surface area contributed by atoms with E-state index >= 15 is 0 Å². The Morgan fingerprint density at radius 2 is 1.78 bits per heavy atom. The number of nitrogens with zero attached hydrogens (tertiary/aromatic N) is 4. The Kier molecular flexibility index (Phi) is 4.14. The van der Waals surface area contributed by atoms with Gasteiger partial charge in [-0.05, 0) is 64.7 Å². The molecule has 0 amide bonds. The molecule has 0 spiro atoms. The molecule has 1 aromatic heterocycles. The second-order valence-corrected chi connectivity index (χ2v) is 6.24. The summed E-state index contributed by atoms with van der Waals surface area (Å²) in [5.74, 6) is -0.467. The smallest absolute Gasteiger partial charge is 0.416 e. The van der Waals surface area contributed by atoms with Gasteiger partial charge >= 0.3 is 12.1 Å². The zero-order valence-electron chi connectivity index (χ0n) is 13.8. The van der Waals surface area contributed by atoms with Crippen LogP contribution in [0, 0.1) is 5.92 Å². The molecule has 27 heavy (non-hydrogen) atoms. The summed E-state index contributed by atoms with van der Waals surface area (Å²) >= 11 is 0. The molecule has 9 heteroatoms. The van der Waals surface area contributed by atoms with E-state index in [2.05, 4.69) is 15.5 Å². The fourth-order valence-electron chi connectivity index (χ4n) is 2.88. The number of halogens is 3. The Hall–Kier alpha value is -3.23. The molecule has 0 N–H and O–H groups in total. The highest BCUT2D eigenvalue weighted by molar-refractivity contribution is 5.79. The summed E-state index contributed by atoms with van der Waals surface area (Å²) in [5.41, 5.74) is 0.724. The number of alkyl halides is 3. The number of ether oxygens (including phenoxy) is 1. The molecule has 4 rings (SSSR count). The average Bonchev–Trinajstić information content (AvgIpc) is 3.27. The van der Waals surface area contributed by atoms with Gasteiger partial charge in [0.1, 0.15) is 12.1 Å². The third-order valence-electron chi connectivity index (χ3n) is 4.43. The van der Waals surface area contributed by atoms with E-state index in [0.29, 0.717) is 23.4 Å². The van der Waals surface area contributed by atoms with Crippen molar-refractivity contribution in [3.63, 3.8) is 0 Å². The van der Waals surface area contributed by atoms with Gasteiger partial charge < -0.3 is 4.74 Å². The standard InChI is InChI=1S/C18H13F3N4O2/c19-18(20,21)12-3-1-11(2-4-12)15-9-16(15)17(26)27-14-7-5-13(6-8-14)25-10-22-23-24-25/h1-8,10,15-16H,9H2. The summed E-state index contributed by atoms with van der Waals surface area (Å²) in [6.07, 6.45) is -2.36. The van der Waals surface area contributed by atoms with E-state index in [1.54, 1.807) is 24.3 Å². The van der Waals surface area contributed by atoms with E-state index in [-0.39, 0.29) is 11.8 Å². The highest BCUT2D eigenvalue weighted by Gasteiger charge is 2.45. The molecule has 0 aliphatic heterocycles. The molecule has 3 aromatic rings. The minimum atomic E-state index is -4.37. The first kappa shape index (κ1) is 17.2. The fraction of sp³-hybridized carbons (Fsp3) is 0.222. The molecule has 2 unspecified atom stereocenters. The van der Waals surface area contributed by atoms with Crippen LogP contribution in [0.4, 0.5) is 13.2 Å². The van der Waals surface area contributed by atoms with Gasteiger partial charge in [0.05, 0.1) is 17.2 Å². The molecule has 6 nitrogen and oxygen atoms in total. The quantitative estimate of drug-likeness (QED) is 0.517. The lowest BCUT2D eigenvalue weighted by Crippen LogP contribution is -2.11. The highest BCUT2D eigenvalue weighted by atomic mass is 19.4. The van der Waals surface area contributed by atoms with Crippen LogP contribution in [0.2, 0.25) is 0 Å². The summed E-state index contributed by atoms with van der Waals surface area (Å²) < 4.78 is 44.7. The first-order chi connectivity index (χ1) is 12.9. The Morgan fingerprint density at radius 3 is 2.37 bits per heavy atom. The van der Waals surface area contributed by atoms with Crippen molar-refractivity contribution in [1.29, 1.82) is 0 Å². The van der Waals surface area contributed by atoms with Crippen LogP contribution >= 0.6 is 0 Å². The Bertz CT molecular complexity index is 938. The Labute approximate surface area is 151 Å². The number of carbonyl (C=O) groups excluding carboxylic acids is 1. The number of hydrogen-bond acceptors (Lipinski definition) is 5. The maximum Gasteiger partial charge on any atom is 0.416 e. The molecule has 138 valence electrons. The maximum atomic E-state index is 12.6. The number of tetrazole rings is 1. The van der Waals surface area contributed by atoms with E-state index < -0.39 is 17.7 Å².